The minimum absolute atomic E-state index is 0.502. The summed E-state index contributed by atoms with van der Waals surface area (Å²) in [6.07, 6.45) is 13.5. The molecule has 1 fully saturated rings. The zero-order chi connectivity index (χ0) is 14.9. The average molecular weight is 311 g/mol. The van der Waals surface area contributed by atoms with Crippen LogP contribution >= 0.6 is 11.8 Å². The summed E-state index contributed by atoms with van der Waals surface area (Å²) in [6.45, 7) is 2.77. The van der Waals surface area contributed by atoms with E-state index >= 15 is 0 Å². The van der Waals surface area contributed by atoms with E-state index in [0.29, 0.717) is 12.6 Å². The number of unbranched alkanes of at least 4 members (excludes halogenated alkanes) is 7. The van der Waals surface area contributed by atoms with Crippen LogP contribution in [0, 0.1) is 0 Å². The number of thioether (sulfide) groups is 1. The van der Waals surface area contributed by atoms with E-state index in [2.05, 4.69) is 21.7 Å². The van der Waals surface area contributed by atoms with Gasteiger partial charge < -0.3 is 10.3 Å². The monoisotopic (exact) mass is 310 g/mol. The lowest BCUT2D eigenvalue weighted by atomic mass is 10.1. The van der Waals surface area contributed by atoms with Crippen molar-refractivity contribution < 1.29 is 0 Å². The third kappa shape index (κ3) is 5.62. The Labute approximate surface area is 133 Å². The maximum absolute atomic E-state index is 5.74. The average Bonchev–Trinajstić information content (AvgIpc) is 3.26. The first kappa shape index (κ1) is 16.8. The van der Waals surface area contributed by atoms with Gasteiger partial charge in [-0.05, 0) is 19.3 Å². The van der Waals surface area contributed by atoms with Crippen molar-refractivity contribution in [3.05, 3.63) is 5.82 Å². The lowest BCUT2D eigenvalue weighted by Gasteiger charge is -2.07. The predicted molar refractivity (Wildman–Crippen MR) is 89.5 cm³/mol. The molecule has 1 aliphatic carbocycles. The summed E-state index contributed by atoms with van der Waals surface area (Å²) in [5, 5.41) is 9.62. The molecule has 0 amide bonds. The second-order valence-corrected chi connectivity index (χ2v) is 7.09. The van der Waals surface area contributed by atoms with E-state index in [9.17, 15) is 0 Å². The number of aromatic nitrogens is 3. The van der Waals surface area contributed by atoms with Crippen LogP contribution in [0.15, 0.2) is 5.16 Å². The molecular weight excluding hydrogens is 280 g/mol. The van der Waals surface area contributed by atoms with Crippen molar-refractivity contribution in [1.82, 2.24) is 14.8 Å². The summed E-state index contributed by atoms with van der Waals surface area (Å²) in [5.41, 5.74) is 5.74. The third-order valence-electron chi connectivity index (χ3n) is 4.06. The fourth-order valence-corrected chi connectivity index (χ4v) is 3.67. The predicted octanol–water partition coefficient (Wildman–Crippen LogP) is 4.30. The van der Waals surface area contributed by atoms with Crippen LogP contribution in [-0.2, 0) is 6.54 Å². The number of hydrogen-bond acceptors (Lipinski definition) is 4. The van der Waals surface area contributed by atoms with Gasteiger partial charge in [0.15, 0.2) is 5.16 Å². The minimum atomic E-state index is 0.502. The summed E-state index contributed by atoms with van der Waals surface area (Å²) in [6, 6.07) is 0.625. The largest absolute Gasteiger partial charge is 0.324 e. The van der Waals surface area contributed by atoms with Gasteiger partial charge in [-0.1, -0.05) is 63.6 Å². The summed E-state index contributed by atoms with van der Waals surface area (Å²) >= 11 is 1.86. The van der Waals surface area contributed by atoms with Crippen LogP contribution in [0.1, 0.15) is 83.0 Å². The summed E-state index contributed by atoms with van der Waals surface area (Å²) in [5.74, 6) is 2.11. The Morgan fingerprint density at radius 3 is 2.33 bits per heavy atom. The first-order valence-corrected chi connectivity index (χ1v) is 9.62. The Hall–Kier alpha value is -0.550. The van der Waals surface area contributed by atoms with Crippen LogP contribution in [0.2, 0.25) is 0 Å². The Kier molecular flexibility index (Phi) is 7.58. The highest BCUT2D eigenvalue weighted by Crippen LogP contribution is 2.38. The van der Waals surface area contributed by atoms with Crippen LogP contribution in [0.3, 0.4) is 0 Å². The smallest absolute Gasteiger partial charge is 0.191 e. The lowest BCUT2D eigenvalue weighted by molar-refractivity contribution is 0.586. The van der Waals surface area contributed by atoms with Gasteiger partial charge in [0, 0.05) is 11.8 Å². The third-order valence-corrected chi connectivity index (χ3v) is 5.09. The van der Waals surface area contributed by atoms with Gasteiger partial charge in [-0.25, -0.2) is 0 Å². The van der Waals surface area contributed by atoms with Gasteiger partial charge in [0.25, 0.3) is 0 Å². The van der Waals surface area contributed by atoms with E-state index in [0.717, 1.165) is 16.7 Å². The Balaban J connectivity index is 1.58. The quantitative estimate of drug-likeness (QED) is 0.462. The van der Waals surface area contributed by atoms with E-state index in [1.54, 1.807) is 0 Å². The molecule has 1 saturated carbocycles. The summed E-state index contributed by atoms with van der Waals surface area (Å²) < 4.78 is 2.27. The molecule has 2 N–H and O–H groups in total. The Morgan fingerprint density at radius 1 is 1.05 bits per heavy atom. The van der Waals surface area contributed by atoms with Crippen LogP contribution in [0.5, 0.6) is 0 Å². The second-order valence-electron chi connectivity index (χ2n) is 6.03. The topological polar surface area (TPSA) is 56.7 Å². The second kappa shape index (κ2) is 9.46. The summed E-state index contributed by atoms with van der Waals surface area (Å²) in [7, 11) is 0. The lowest BCUT2D eigenvalue weighted by Crippen LogP contribution is -2.08. The molecular formula is C16H30N4S. The fraction of sp³-hybridized carbons (Fsp3) is 0.875. The number of nitrogens with zero attached hydrogens (tertiary/aromatic N) is 3. The van der Waals surface area contributed by atoms with Gasteiger partial charge >= 0.3 is 0 Å². The van der Waals surface area contributed by atoms with Gasteiger partial charge in [-0.2, -0.15) is 0 Å². The molecule has 4 nitrogen and oxygen atoms in total. The molecule has 0 aromatic carbocycles. The van der Waals surface area contributed by atoms with E-state index in [4.69, 9.17) is 5.73 Å². The number of nitrogens with two attached hydrogens (primary N) is 1. The van der Waals surface area contributed by atoms with Crippen LogP contribution in [0.25, 0.3) is 0 Å². The van der Waals surface area contributed by atoms with Gasteiger partial charge in [0.1, 0.15) is 5.82 Å². The van der Waals surface area contributed by atoms with Gasteiger partial charge in [-0.3, -0.25) is 0 Å². The molecule has 1 heterocycles. The molecule has 1 aromatic heterocycles. The van der Waals surface area contributed by atoms with Crippen LogP contribution in [-0.4, -0.2) is 20.5 Å². The molecule has 0 spiro atoms. The van der Waals surface area contributed by atoms with E-state index in [1.807, 2.05) is 11.8 Å². The van der Waals surface area contributed by atoms with E-state index < -0.39 is 0 Å². The van der Waals surface area contributed by atoms with Crippen molar-refractivity contribution in [3.8, 4) is 0 Å². The van der Waals surface area contributed by atoms with Crippen molar-refractivity contribution >= 4 is 11.8 Å². The molecule has 5 heteroatoms. The number of hydrogen-bond donors (Lipinski definition) is 1. The molecule has 0 radical (unpaired) electrons. The molecule has 0 bridgehead atoms. The molecule has 21 heavy (non-hydrogen) atoms. The fourth-order valence-electron chi connectivity index (χ4n) is 2.64. The van der Waals surface area contributed by atoms with E-state index in [-0.39, 0.29) is 0 Å². The highest BCUT2D eigenvalue weighted by atomic mass is 32.2. The summed E-state index contributed by atoms with van der Waals surface area (Å²) in [4.78, 5) is 0. The van der Waals surface area contributed by atoms with Gasteiger partial charge in [0.05, 0.1) is 6.54 Å². The van der Waals surface area contributed by atoms with Crippen molar-refractivity contribution in [1.29, 1.82) is 0 Å². The molecule has 0 atom stereocenters. The van der Waals surface area contributed by atoms with Gasteiger partial charge in [0.2, 0.25) is 0 Å². The molecule has 0 saturated heterocycles. The molecule has 1 aromatic rings. The Morgan fingerprint density at radius 2 is 1.71 bits per heavy atom. The number of rotatable bonds is 12. The first-order valence-electron chi connectivity index (χ1n) is 8.63. The zero-order valence-corrected chi connectivity index (χ0v) is 14.2. The maximum atomic E-state index is 5.74. The standard InChI is InChI=1S/C16H30N4S/c1-2-3-4-5-6-7-8-9-12-21-16-19-18-15(13-17)20(16)14-10-11-14/h14H,2-13,17H2,1H3. The molecule has 2 rings (SSSR count). The van der Waals surface area contributed by atoms with Crippen molar-refractivity contribution in [2.75, 3.05) is 5.75 Å². The van der Waals surface area contributed by atoms with E-state index in [1.165, 1.54) is 64.2 Å². The molecule has 1 aliphatic rings. The van der Waals surface area contributed by atoms with Gasteiger partial charge in [-0.15, -0.1) is 10.2 Å². The van der Waals surface area contributed by atoms with Crippen molar-refractivity contribution in [2.45, 2.75) is 88.9 Å². The SMILES string of the molecule is CCCCCCCCCCSc1nnc(CN)n1C1CC1. The molecule has 0 aliphatic heterocycles. The van der Waals surface area contributed by atoms with Crippen LogP contribution in [0.4, 0.5) is 0 Å². The molecule has 120 valence electrons. The van der Waals surface area contributed by atoms with Crippen molar-refractivity contribution in [3.63, 3.8) is 0 Å². The first-order chi connectivity index (χ1) is 10.4. The highest BCUT2D eigenvalue weighted by molar-refractivity contribution is 7.99. The highest BCUT2D eigenvalue weighted by Gasteiger charge is 2.28. The maximum Gasteiger partial charge on any atom is 0.191 e. The zero-order valence-electron chi connectivity index (χ0n) is 13.4. The van der Waals surface area contributed by atoms with Crippen LogP contribution < -0.4 is 5.73 Å². The molecule has 0 unspecified atom stereocenters. The minimum Gasteiger partial charge on any atom is -0.324 e. The Bertz CT molecular complexity index is 401. The van der Waals surface area contributed by atoms with Crippen molar-refractivity contribution in [2.24, 2.45) is 5.73 Å². The normalized spacial score (nSPS) is 14.8.